The van der Waals surface area contributed by atoms with E-state index in [1.165, 1.54) is 7.11 Å². The molecule has 0 spiro atoms. The molecule has 1 N–H and O–H groups in total. The Morgan fingerprint density at radius 2 is 1.76 bits per heavy atom. The topological polar surface area (TPSA) is 63.6 Å². The molecule has 0 bridgehead atoms. The predicted molar refractivity (Wildman–Crippen MR) is 62.7 cm³/mol. The van der Waals surface area contributed by atoms with Crippen molar-refractivity contribution in [3.05, 3.63) is 35.4 Å². The fourth-order valence-corrected chi connectivity index (χ4v) is 1.51. The molecule has 0 aliphatic carbocycles. The Morgan fingerprint density at radius 3 is 2.29 bits per heavy atom. The lowest BCUT2D eigenvalue weighted by Crippen LogP contribution is -2.04. The Hall–Kier alpha value is -1.84. The zero-order chi connectivity index (χ0) is 12.7. The monoisotopic (exact) mass is 236 g/mol. The lowest BCUT2D eigenvalue weighted by Gasteiger charge is -2.03. The number of carbonyl (C=O) groups excluding carboxylic acids is 1. The van der Waals surface area contributed by atoms with Crippen LogP contribution >= 0.6 is 0 Å². The van der Waals surface area contributed by atoms with Crippen molar-refractivity contribution >= 4 is 11.9 Å². The van der Waals surface area contributed by atoms with E-state index in [0.717, 1.165) is 17.5 Å². The Bertz CT molecular complexity index is 381. The van der Waals surface area contributed by atoms with Gasteiger partial charge in [-0.05, 0) is 24.0 Å². The average Bonchev–Trinajstić information content (AvgIpc) is 2.31. The molecule has 0 aromatic heterocycles. The first kappa shape index (κ1) is 13.2. The number of esters is 1. The zero-order valence-corrected chi connectivity index (χ0v) is 9.81. The van der Waals surface area contributed by atoms with Crippen LogP contribution in [0.1, 0.15) is 24.0 Å². The highest BCUT2D eigenvalue weighted by Gasteiger charge is 2.03. The molecule has 0 aliphatic rings. The third-order valence-corrected chi connectivity index (χ3v) is 2.46. The van der Waals surface area contributed by atoms with Crippen LogP contribution in [0.25, 0.3) is 0 Å². The second-order valence-corrected chi connectivity index (χ2v) is 3.82. The van der Waals surface area contributed by atoms with Crippen molar-refractivity contribution in [2.24, 2.45) is 0 Å². The molecule has 17 heavy (non-hydrogen) atoms. The summed E-state index contributed by atoms with van der Waals surface area (Å²) in [4.78, 5) is 21.4. The molecular formula is C13H16O4. The summed E-state index contributed by atoms with van der Waals surface area (Å²) < 4.78 is 4.57. The molecule has 4 nitrogen and oxygen atoms in total. The van der Waals surface area contributed by atoms with Gasteiger partial charge in [0.1, 0.15) is 0 Å². The number of carboxylic acids is 1. The normalized spacial score (nSPS) is 9.94. The van der Waals surface area contributed by atoms with Crippen molar-refractivity contribution in [3.63, 3.8) is 0 Å². The Morgan fingerprint density at radius 1 is 1.18 bits per heavy atom. The van der Waals surface area contributed by atoms with E-state index in [4.69, 9.17) is 5.11 Å². The third kappa shape index (κ3) is 5.15. The lowest BCUT2D eigenvalue weighted by atomic mass is 10.0. The number of methoxy groups -OCH3 is 1. The molecule has 0 radical (unpaired) electrons. The van der Waals surface area contributed by atoms with E-state index in [2.05, 4.69) is 4.74 Å². The Labute approximate surface area is 100 Å². The van der Waals surface area contributed by atoms with Crippen LogP contribution < -0.4 is 0 Å². The summed E-state index contributed by atoms with van der Waals surface area (Å²) >= 11 is 0. The molecule has 0 atom stereocenters. The van der Waals surface area contributed by atoms with Crippen molar-refractivity contribution in [3.8, 4) is 0 Å². The molecule has 1 rings (SSSR count). The number of aliphatic carboxylic acids is 1. The third-order valence-electron chi connectivity index (χ3n) is 2.46. The van der Waals surface area contributed by atoms with Crippen molar-refractivity contribution < 1.29 is 19.4 Å². The van der Waals surface area contributed by atoms with E-state index in [-0.39, 0.29) is 18.8 Å². The zero-order valence-electron chi connectivity index (χ0n) is 9.81. The maximum absolute atomic E-state index is 11.0. The number of carboxylic acid groups (broad SMARTS) is 1. The van der Waals surface area contributed by atoms with E-state index < -0.39 is 5.97 Å². The van der Waals surface area contributed by atoms with Gasteiger partial charge in [-0.15, -0.1) is 0 Å². The molecule has 0 aliphatic heterocycles. The van der Waals surface area contributed by atoms with Crippen LogP contribution in [0.5, 0.6) is 0 Å². The molecule has 0 amide bonds. The first-order valence-corrected chi connectivity index (χ1v) is 5.48. The minimum Gasteiger partial charge on any atom is -0.481 e. The highest BCUT2D eigenvalue weighted by molar-refractivity contribution is 5.72. The summed E-state index contributed by atoms with van der Waals surface area (Å²) in [6.07, 6.45) is 1.83. The van der Waals surface area contributed by atoms with Gasteiger partial charge in [0.2, 0.25) is 0 Å². The molecular weight excluding hydrogens is 220 g/mol. The highest BCUT2D eigenvalue weighted by atomic mass is 16.5. The number of aryl methyl sites for hydroxylation is 1. The molecule has 1 aromatic rings. The van der Waals surface area contributed by atoms with Gasteiger partial charge in [0.25, 0.3) is 0 Å². The number of hydrogen-bond acceptors (Lipinski definition) is 3. The fourth-order valence-electron chi connectivity index (χ4n) is 1.51. The number of benzene rings is 1. The molecule has 1 aromatic carbocycles. The van der Waals surface area contributed by atoms with Crippen molar-refractivity contribution in [1.82, 2.24) is 0 Å². The van der Waals surface area contributed by atoms with Crippen molar-refractivity contribution in [2.45, 2.75) is 25.7 Å². The van der Waals surface area contributed by atoms with Crippen LogP contribution in [0.4, 0.5) is 0 Å². The predicted octanol–water partition coefficient (Wildman–Crippen LogP) is 1.81. The van der Waals surface area contributed by atoms with Crippen LogP contribution in [0.3, 0.4) is 0 Å². The van der Waals surface area contributed by atoms with Gasteiger partial charge in [-0.2, -0.15) is 0 Å². The van der Waals surface area contributed by atoms with Gasteiger partial charge in [0.05, 0.1) is 13.5 Å². The van der Waals surface area contributed by atoms with Crippen molar-refractivity contribution in [2.75, 3.05) is 7.11 Å². The summed E-state index contributed by atoms with van der Waals surface area (Å²) in [6.45, 7) is 0. The van der Waals surface area contributed by atoms with Crippen LogP contribution in [0.2, 0.25) is 0 Å². The molecule has 4 heteroatoms. The molecule has 92 valence electrons. The summed E-state index contributed by atoms with van der Waals surface area (Å²) in [7, 11) is 1.36. The second kappa shape index (κ2) is 6.68. The van der Waals surface area contributed by atoms with Gasteiger partial charge in [-0.25, -0.2) is 0 Å². The maximum Gasteiger partial charge on any atom is 0.309 e. The molecule has 0 fully saturated rings. The van der Waals surface area contributed by atoms with Crippen molar-refractivity contribution in [1.29, 1.82) is 0 Å². The van der Waals surface area contributed by atoms with Crippen LogP contribution in [0.15, 0.2) is 24.3 Å². The fraction of sp³-hybridized carbons (Fsp3) is 0.385. The van der Waals surface area contributed by atoms with E-state index in [1.807, 2.05) is 24.3 Å². The minimum absolute atomic E-state index is 0.184. The summed E-state index contributed by atoms with van der Waals surface area (Å²) in [5.41, 5.74) is 1.98. The van der Waals surface area contributed by atoms with Crippen LogP contribution in [0, 0.1) is 0 Å². The average molecular weight is 236 g/mol. The van der Waals surface area contributed by atoms with Gasteiger partial charge >= 0.3 is 11.9 Å². The Balaban J connectivity index is 2.44. The second-order valence-electron chi connectivity index (χ2n) is 3.82. The maximum atomic E-state index is 11.0. The van der Waals surface area contributed by atoms with Crippen LogP contribution in [-0.2, 0) is 27.2 Å². The molecule has 0 unspecified atom stereocenters. The Kier molecular flexibility index (Phi) is 5.20. The van der Waals surface area contributed by atoms with E-state index in [9.17, 15) is 9.59 Å². The van der Waals surface area contributed by atoms with Crippen LogP contribution in [-0.4, -0.2) is 24.2 Å². The first-order chi connectivity index (χ1) is 8.11. The number of rotatable bonds is 6. The van der Waals surface area contributed by atoms with Gasteiger partial charge in [-0.3, -0.25) is 9.59 Å². The summed E-state index contributed by atoms with van der Waals surface area (Å²) in [6, 6.07) is 7.57. The number of hydrogen-bond donors (Lipinski definition) is 1. The molecule has 0 heterocycles. The smallest absolute Gasteiger partial charge is 0.309 e. The first-order valence-electron chi connectivity index (χ1n) is 5.48. The largest absolute Gasteiger partial charge is 0.481 e. The SMILES string of the molecule is COC(=O)Cc1ccc(CCCC(=O)O)cc1. The standard InChI is InChI=1S/C13H16O4/c1-17-13(16)9-11-7-5-10(6-8-11)3-2-4-12(14)15/h5-8H,2-4,9H2,1H3,(H,14,15). The van der Waals surface area contributed by atoms with E-state index in [0.29, 0.717) is 6.42 Å². The van der Waals surface area contributed by atoms with E-state index >= 15 is 0 Å². The minimum atomic E-state index is -0.771. The molecule has 0 saturated carbocycles. The number of ether oxygens (including phenoxy) is 1. The van der Waals surface area contributed by atoms with Gasteiger partial charge in [0, 0.05) is 6.42 Å². The van der Waals surface area contributed by atoms with E-state index in [1.54, 1.807) is 0 Å². The number of carbonyl (C=O) groups is 2. The summed E-state index contributed by atoms with van der Waals surface area (Å²) in [5.74, 6) is -1.03. The van der Waals surface area contributed by atoms with Gasteiger partial charge in [-0.1, -0.05) is 24.3 Å². The lowest BCUT2D eigenvalue weighted by molar-refractivity contribution is -0.140. The molecule has 0 saturated heterocycles. The quantitative estimate of drug-likeness (QED) is 0.765. The van der Waals surface area contributed by atoms with Gasteiger partial charge < -0.3 is 9.84 Å². The summed E-state index contributed by atoms with van der Waals surface area (Å²) in [5, 5.41) is 8.51. The van der Waals surface area contributed by atoms with Gasteiger partial charge in [0.15, 0.2) is 0 Å². The highest BCUT2D eigenvalue weighted by Crippen LogP contribution is 2.09.